The van der Waals surface area contributed by atoms with Crippen LogP contribution in [0.1, 0.15) is 19.4 Å². The SMILES string of the molecule is C=C/C=C(C)\C=C(/C)Cc1ccccc1F. The summed E-state index contributed by atoms with van der Waals surface area (Å²) in [7, 11) is 0. The van der Waals surface area contributed by atoms with Gasteiger partial charge in [-0.3, -0.25) is 0 Å². The molecule has 84 valence electrons. The molecule has 0 N–H and O–H groups in total. The topological polar surface area (TPSA) is 0 Å². The largest absolute Gasteiger partial charge is 0.207 e. The maximum absolute atomic E-state index is 13.4. The Morgan fingerprint density at radius 3 is 2.62 bits per heavy atom. The molecule has 0 aliphatic carbocycles. The van der Waals surface area contributed by atoms with Crippen LogP contribution in [0.4, 0.5) is 4.39 Å². The molecule has 1 heteroatoms. The summed E-state index contributed by atoms with van der Waals surface area (Å²) in [5.41, 5.74) is 3.01. The molecule has 1 rings (SSSR count). The molecule has 0 fully saturated rings. The molecule has 16 heavy (non-hydrogen) atoms. The monoisotopic (exact) mass is 216 g/mol. The van der Waals surface area contributed by atoms with E-state index in [0.717, 1.165) is 16.7 Å². The molecule has 1 aromatic rings. The van der Waals surface area contributed by atoms with Crippen molar-refractivity contribution >= 4 is 0 Å². The Morgan fingerprint density at radius 1 is 1.31 bits per heavy atom. The standard InChI is InChI=1S/C15H17F/c1-4-7-12(2)10-13(3)11-14-8-5-6-9-15(14)16/h4-10H,1,11H2,2-3H3/b12-7-,13-10+. The zero-order chi connectivity index (χ0) is 12.0. The Kier molecular flexibility index (Phi) is 4.71. The Bertz CT molecular complexity index is 425. The van der Waals surface area contributed by atoms with E-state index in [2.05, 4.69) is 6.58 Å². The molecule has 0 aliphatic heterocycles. The number of rotatable bonds is 4. The van der Waals surface area contributed by atoms with Crippen molar-refractivity contribution in [1.29, 1.82) is 0 Å². The fourth-order valence-corrected chi connectivity index (χ4v) is 1.62. The maximum Gasteiger partial charge on any atom is 0.126 e. The van der Waals surface area contributed by atoms with Crippen LogP contribution in [-0.2, 0) is 6.42 Å². The van der Waals surface area contributed by atoms with Crippen LogP contribution < -0.4 is 0 Å². The van der Waals surface area contributed by atoms with E-state index in [-0.39, 0.29) is 5.82 Å². The van der Waals surface area contributed by atoms with Crippen molar-refractivity contribution in [3.8, 4) is 0 Å². The van der Waals surface area contributed by atoms with Crippen LogP contribution in [0.2, 0.25) is 0 Å². The summed E-state index contributed by atoms with van der Waals surface area (Å²) in [6, 6.07) is 6.88. The summed E-state index contributed by atoms with van der Waals surface area (Å²) in [6.45, 7) is 7.65. The number of halogens is 1. The minimum Gasteiger partial charge on any atom is -0.207 e. The van der Waals surface area contributed by atoms with Crippen LogP contribution in [0.15, 0.2) is 60.2 Å². The third-order valence-electron chi connectivity index (χ3n) is 2.28. The van der Waals surface area contributed by atoms with E-state index in [1.165, 1.54) is 6.07 Å². The highest BCUT2D eigenvalue weighted by molar-refractivity contribution is 5.29. The fourth-order valence-electron chi connectivity index (χ4n) is 1.62. The molecule has 0 radical (unpaired) electrons. The van der Waals surface area contributed by atoms with E-state index in [1.807, 2.05) is 38.1 Å². The van der Waals surface area contributed by atoms with Crippen molar-refractivity contribution in [2.24, 2.45) is 0 Å². The predicted molar refractivity (Wildman–Crippen MR) is 67.8 cm³/mol. The van der Waals surface area contributed by atoms with Gasteiger partial charge in [0.25, 0.3) is 0 Å². The minimum absolute atomic E-state index is 0.138. The van der Waals surface area contributed by atoms with E-state index in [1.54, 1.807) is 12.1 Å². The molecule has 0 bridgehead atoms. The van der Waals surface area contributed by atoms with Crippen LogP contribution in [0.25, 0.3) is 0 Å². The van der Waals surface area contributed by atoms with E-state index < -0.39 is 0 Å². The van der Waals surface area contributed by atoms with Gasteiger partial charge in [0.2, 0.25) is 0 Å². The van der Waals surface area contributed by atoms with Gasteiger partial charge in [-0.25, -0.2) is 4.39 Å². The normalized spacial score (nSPS) is 12.7. The lowest BCUT2D eigenvalue weighted by atomic mass is 10.0. The third-order valence-corrected chi connectivity index (χ3v) is 2.28. The van der Waals surface area contributed by atoms with Gasteiger partial charge in [0.05, 0.1) is 0 Å². The Morgan fingerprint density at radius 2 is 2.00 bits per heavy atom. The molecule has 1 aromatic carbocycles. The van der Waals surface area contributed by atoms with Crippen molar-refractivity contribution in [2.75, 3.05) is 0 Å². The lowest BCUT2D eigenvalue weighted by Crippen LogP contribution is -1.91. The molecular weight excluding hydrogens is 199 g/mol. The van der Waals surface area contributed by atoms with Gasteiger partial charge in [0.1, 0.15) is 5.82 Å². The van der Waals surface area contributed by atoms with Gasteiger partial charge in [-0.2, -0.15) is 0 Å². The Balaban J connectivity index is 2.79. The Labute approximate surface area is 96.8 Å². The fraction of sp³-hybridized carbons (Fsp3) is 0.200. The number of hydrogen-bond acceptors (Lipinski definition) is 0. The van der Waals surface area contributed by atoms with Crippen molar-refractivity contribution in [1.82, 2.24) is 0 Å². The van der Waals surface area contributed by atoms with Crippen molar-refractivity contribution in [3.05, 3.63) is 71.6 Å². The van der Waals surface area contributed by atoms with Gasteiger partial charge < -0.3 is 0 Å². The molecule has 0 nitrogen and oxygen atoms in total. The highest BCUT2D eigenvalue weighted by Crippen LogP contribution is 2.13. The second-order valence-electron chi connectivity index (χ2n) is 3.91. The smallest absolute Gasteiger partial charge is 0.126 e. The van der Waals surface area contributed by atoms with E-state index >= 15 is 0 Å². The third kappa shape index (κ3) is 3.85. The van der Waals surface area contributed by atoms with Gasteiger partial charge in [-0.05, 0) is 31.9 Å². The van der Waals surface area contributed by atoms with Gasteiger partial charge in [-0.1, -0.05) is 54.2 Å². The van der Waals surface area contributed by atoms with Crippen LogP contribution in [0.5, 0.6) is 0 Å². The Hall–Kier alpha value is -1.63. The van der Waals surface area contributed by atoms with Crippen molar-refractivity contribution in [2.45, 2.75) is 20.3 Å². The number of benzene rings is 1. The van der Waals surface area contributed by atoms with Crippen LogP contribution in [0.3, 0.4) is 0 Å². The average molecular weight is 216 g/mol. The molecule has 0 spiro atoms. The molecule has 0 saturated carbocycles. The quantitative estimate of drug-likeness (QED) is 0.652. The molecule has 0 aliphatic rings. The average Bonchev–Trinajstić information content (AvgIpc) is 2.21. The number of allylic oxidation sites excluding steroid dienone is 5. The molecule has 0 atom stereocenters. The van der Waals surface area contributed by atoms with Gasteiger partial charge in [0, 0.05) is 0 Å². The molecule has 0 saturated heterocycles. The van der Waals surface area contributed by atoms with E-state index in [9.17, 15) is 4.39 Å². The highest BCUT2D eigenvalue weighted by Gasteiger charge is 2.00. The second kappa shape index (κ2) is 6.06. The van der Waals surface area contributed by atoms with Crippen molar-refractivity contribution in [3.63, 3.8) is 0 Å². The van der Waals surface area contributed by atoms with Crippen LogP contribution in [0, 0.1) is 5.82 Å². The summed E-state index contributed by atoms with van der Waals surface area (Å²) in [5.74, 6) is -0.138. The maximum atomic E-state index is 13.4. The first kappa shape index (κ1) is 12.4. The minimum atomic E-state index is -0.138. The van der Waals surface area contributed by atoms with Gasteiger partial charge in [-0.15, -0.1) is 0 Å². The van der Waals surface area contributed by atoms with E-state index in [0.29, 0.717) is 6.42 Å². The first-order chi connectivity index (χ1) is 7.63. The molecule has 0 aromatic heterocycles. The predicted octanol–water partition coefficient (Wildman–Crippen LogP) is 4.45. The number of hydrogen-bond donors (Lipinski definition) is 0. The lowest BCUT2D eigenvalue weighted by molar-refractivity contribution is 0.613. The summed E-state index contributed by atoms with van der Waals surface area (Å²) < 4.78 is 13.4. The highest BCUT2D eigenvalue weighted by atomic mass is 19.1. The van der Waals surface area contributed by atoms with Crippen molar-refractivity contribution < 1.29 is 4.39 Å². The van der Waals surface area contributed by atoms with Crippen LogP contribution >= 0.6 is 0 Å². The summed E-state index contributed by atoms with van der Waals surface area (Å²) in [6.07, 6.45) is 6.39. The molecule has 0 heterocycles. The molecular formula is C15H17F. The second-order valence-corrected chi connectivity index (χ2v) is 3.91. The zero-order valence-electron chi connectivity index (χ0n) is 9.83. The zero-order valence-corrected chi connectivity index (χ0v) is 9.83. The summed E-state index contributed by atoms with van der Waals surface area (Å²) in [4.78, 5) is 0. The summed E-state index contributed by atoms with van der Waals surface area (Å²) in [5, 5.41) is 0. The first-order valence-corrected chi connectivity index (χ1v) is 5.33. The lowest BCUT2D eigenvalue weighted by Gasteiger charge is -2.03. The molecule has 0 unspecified atom stereocenters. The van der Waals surface area contributed by atoms with Crippen LogP contribution in [-0.4, -0.2) is 0 Å². The van der Waals surface area contributed by atoms with E-state index in [4.69, 9.17) is 0 Å². The van der Waals surface area contributed by atoms with Gasteiger partial charge in [0.15, 0.2) is 0 Å². The summed E-state index contributed by atoms with van der Waals surface area (Å²) >= 11 is 0. The first-order valence-electron chi connectivity index (χ1n) is 5.33. The molecule has 0 amide bonds. The van der Waals surface area contributed by atoms with Gasteiger partial charge >= 0.3 is 0 Å².